The van der Waals surface area contributed by atoms with Crippen molar-refractivity contribution in [2.45, 2.75) is 25.7 Å². The number of hydrogen-bond donors (Lipinski definition) is 3. The molecule has 3 aliphatic rings. The molecule has 1 aliphatic carbocycles. The van der Waals surface area contributed by atoms with Crippen LogP contribution in [0.2, 0.25) is 0 Å². The molecular formula is C19H26N4O3. The minimum absolute atomic E-state index is 0.0873. The van der Waals surface area contributed by atoms with Crippen LogP contribution in [0.1, 0.15) is 24.1 Å². The number of aliphatic carboxylic acids is 1. The molecule has 7 nitrogen and oxygen atoms in total. The Balaban J connectivity index is 1.16. The summed E-state index contributed by atoms with van der Waals surface area (Å²) in [6.45, 7) is 3.22. The Bertz CT molecular complexity index is 696. The Hall–Kier alpha value is -2.15. The average molecular weight is 358 g/mol. The Labute approximate surface area is 153 Å². The van der Waals surface area contributed by atoms with Gasteiger partial charge in [0, 0.05) is 37.8 Å². The molecule has 0 spiro atoms. The number of aromatic nitrogens is 1. The molecule has 2 fully saturated rings. The van der Waals surface area contributed by atoms with Crippen LogP contribution in [0.5, 0.6) is 0 Å². The van der Waals surface area contributed by atoms with Gasteiger partial charge < -0.3 is 15.7 Å². The predicted molar refractivity (Wildman–Crippen MR) is 96.9 cm³/mol. The minimum atomic E-state index is -0.793. The highest BCUT2D eigenvalue weighted by atomic mass is 16.4. The third-order valence-corrected chi connectivity index (χ3v) is 5.79. The van der Waals surface area contributed by atoms with Crippen LogP contribution in [0.25, 0.3) is 0 Å². The first-order valence-electron chi connectivity index (χ1n) is 9.56. The van der Waals surface area contributed by atoms with Gasteiger partial charge in [0.1, 0.15) is 5.82 Å². The second kappa shape index (κ2) is 7.23. The van der Waals surface area contributed by atoms with Crippen LogP contribution < -0.4 is 10.6 Å². The van der Waals surface area contributed by atoms with Gasteiger partial charge in [-0.25, -0.2) is 4.98 Å². The number of nitrogens with zero attached hydrogens (tertiary/aromatic N) is 2. The number of hydrogen-bond acceptors (Lipinski definition) is 5. The van der Waals surface area contributed by atoms with Gasteiger partial charge in [-0.3, -0.25) is 14.5 Å². The molecule has 0 radical (unpaired) electrons. The number of piperidine rings is 1. The molecule has 1 aromatic heterocycles. The number of carboxylic acid groups (broad SMARTS) is 1. The van der Waals surface area contributed by atoms with Crippen LogP contribution in [0.4, 0.5) is 5.82 Å². The fourth-order valence-electron chi connectivity index (χ4n) is 4.43. The average Bonchev–Trinajstić information content (AvgIpc) is 3.14. The zero-order valence-electron chi connectivity index (χ0n) is 14.9. The van der Waals surface area contributed by atoms with E-state index in [1.807, 2.05) is 4.90 Å². The maximum atomic E-state index is 12.3. The van der Waals surface area contributed by atoms with E-state index in [-0.39, 0.29) is 18.4 Å². The van der Waals surface area contributed by atoms with Gasteiger partial charge in [-0.15, -0.1) is 0 Å². The summed E-state index contributed by atoms with van der Waals surface area (Å²) in [6.07, 6.45) is 4.00. The molecule has 140 valence electrons. The largest absolute Gasteiger partial charge is 0.480 e. The molecule has 1 saturated heterocycles. The lowest BCUT2D eigenvalue weighted by Crippen LogP contribution is -2.34. The van der Waals surface area contributed by atoms with Crippen molar-refractivity contribution in [3.05, 3.63) is 23.4 Å². The fraction of sp³-hybridized carbons (Fsp3) is 0.632. The summed E-state index contributed by atoms with van der Waals surface area (Å²) in [6, 6.07) is 4.26. The number of fused-ring (bicyclic) bond motifs is 2. The first-order chi connectivity index (χ1) is 12.6. The molecule has 1 amide bonds. The highest BCUT2D eigenvalue weighted by molar-refractivity contribution is 5.82. The van der Waals surface area contributed by atoms with Crippen molar-refractivity contribution in [2.75, 3.05) is 38.0 Å². The monoisotopic (exact) mass is 358 g/mol. The summed E-state index contributed by atoms with van der Waals surface area (Å²) in [7, 11) is 0. The maximum absolute atomic E-state index is 12.3. The first-order valence-corrected chi connectivity index (χ1v) is 9.56. The second-order valence-electron chi connectivity index (χ2n) is 7.68. The Morgan fingerprint density at radius 2 is 2.12 bits per heavy atom. The van der Waals surface area contributed by atoms with E-state index >= 15 is 0 Å². The highest BCUT2D eigenvalue weighted by Gasteiger charge is 2.59. The molecule has 4 rings (SSSR count). The number of carbonyl (C=O) groups excluding carboxylic acids is 1. The molecule has 0 unspecified atom stereocenters. The molecule has 0 bridgehead atoms. The van der Waals surface area contributed by atoms with Crippen LogP contribution >= 0.6 is 0 Å². The molecule has 1 saturated carbocycles. The molecule has 3 heterocycles. The lowest BCUT2D eigenvalue weighted by Gasteiger charge is -2.17. The van der Waals surface area contributed by atoms with Gasteiger partial charge in [-0.2, -0.15) is 0 Å². The molecule has 0 aromatic carbocycles. The van der Waals surface area contributed by atoms with Crippen molar-refractivity contribution in [1.29, 1.82) is 0 Å². The topological polar surface area (TPSA) is 94.6 Å². The standard InChI is InChI=1S/C19H26N4O3/c24-16(25)11-23-9-14-15(10-23)17(14)19(26)21-8-2-4-13-6-5-12-3-1-7-20-18(12)22-13/h5-6,14-15,17H,1-4,7-11H2,(H,20,22)(H,21,26)(H,24,25)/t14-,15-/m1/s1. The van der Waals surface area contributed by atoms with Gasteiger partial charge in [0.25, 0.3) is 0 Å². The number of rotatable bonds is 7. The Morgan fingerprint density at radius 3 is 2.88 bits per heavy atom. The van der Waals surface area contributed by atoms with Crippen LogP contribution in [0.15, 0.2) is 12.1 Å². The van der Waals surface area contributed by atoms with Gasteiger partial charge >= 0.3 is 5.97 Å². The number of anilines is 1. The number of carboxylic acids is 1. The lowest BCUT2D eigenvalue weighted by molar-refractivity contribution is -0.138. The summed E-state index contributed by atoms with van der Waals surface area (Å²) >= 11 is 0. The third kappa shape index (κ3) is 3.67. The number of pyridine rings is 1. The molecule has 1 aromatic rings. The fourth-order valence-corrected chi connectivity index (χ4v) is 4.43. The van der Waals surface area contributed by atoms with Gasteiger partial charge in [0.15, 0.2) is 0 Å². The van der Waals surface area contributed by atoms with Crippen molar-refractivity contribution in [3.63, 3.8) is 0 Å². The molecular weight excluding hydrogens is 332 g/mol. The number of aryl methyl sites for hydroxylation is 2. The van der Waals surface area contributed by atoms with E-state index < -0.39 is 5.97 Å². The SMILES string of the molecule is O=C(O)CN1C[C@H]2C(C(=O)NCCCc3ccc4c(n3)NCCC4)[C@@H]2C1. The van der Waals surface area contributed by atoms with Gasteiger partial charge in [0.2, 0.25) is 5.91 Å². The summed E-state index contributed by atoms with van der Waals surface area (Å²) < 4.78 is 0. The normalized spacial score (nSPS) is 26.5. The lowest BCUT2D eigenvalue weighted by atomic mass is 10.1. The Kier molecular flexibility index (Phi) is 4.80. The zero-order valence-corrected chi connectivity index (χ0v) is 14.9. The van der Waals surface area contributed by atoms with E-state index in [4.69, 9.17) is 5.11 Å². The zero-order chi connectivity index (χ0) is 18.1. The van der Waals surface area contributed by atoms with Crippen molar-refractivity contribution >= 4 is 17.7 Å². The van der Waals surface area contributed by atoms with Crippen molar-refractivity contribution < 1.29 is 14.7 Å². The van der Waals surface area contributed by atoms with Crippen LogP contribution in [0, 0.1) is 17.8 Å². The van der Waals surface area contributed by atoms with E-state index in [2.05, 4.69) is 27.8 Å². The highest BCUT2D eigenvalue weighted by Crippen LogP contribution is 2.51. The van der Waals surface area contributed by atoms with E-state index in [0.29, 0.717) is 18.4 Å². The van der Waals surface area contributed by atoms with E-state index in [0.717, 1.165) is 56.8 Å². The van der Waals surface area contributed by atoms with Crippen LogP contribution in [0.3, 0.4) is 0 Å². The van der Waals surface area contributed by atoms with Crippen LogP contribution in [-0.4, -0.2) is 59.6 Å². The first kappa shape index (κ1) is 17.3. The van der Waals surface area contributed by atoms with Crippen LogP contribution in [-0.2, 0) is 22.4 Å². The summed E-state index contributed by atoms with van der Waals surface area (Å²) in [5.41, 5.74) is 2.37. The Morgan fingerprint density at radius 1 is 1.31 bits per heavy atom. The van der Waals surface area contributed by atoms with Crippen molar-refractivity contribution in [3.8, 4) is 0 Å². The van der Waals surface area contributed by atoms with Gasteiger partial charge in [-0.05, 0) is 49.1 Å². The predicted octanol–water partition coefficient (Wildman–Crippen LogP) is 0.751. The second-order valence-corrected chi connectivity index (χ2v) is 7.68. The molecule has 3 N–H and O–H groups in total. The minimum Gasteiger partial charge on any atom is -0.480 e. The smallest absolute Gasteiger partial charge is 0.317 e. The number of carbonyl (C=O) groups is 2. The summed E-state index contributed by atoms with van der Waals surface area (Å²) in [5.74, 6) is 1.15. The maximum Gasteiger partial charge on any atom is 0.317 e. The molecule has 2 aliphatic heterocycles. The number of nitrogens with one attached hydrogen (secondary N) is 2. The number of amides is 1. The van der Waals surface area contributed by atoms with E-state index in [1.165, 1.54) is 5.56 Å². The molecule has 7 heteroatoms. The third-order valence-electron chi connectivity index (χ3n) is 5.79. The van der Waals surface area contributed by atoms with E-state index in [9.17, 15) is 9.59 Å². The van der Waals surface area contributed by atoms with Gasteiger partial charge in [0.05, 0.1) is 6.54 Å². The van der Waals surface area contributed by atoms with E-state index in [1.54, 1.807) is 0 Å². The van der Waals surface area contributed by atoms with Crippen molar-refractivity contribution in [1.82, 2.24) is 15.2 Å². The summed E-state index contributed by atoms with van der Waals surface area (Å²) in [5, 5.41) is 15.2. The number of likely N-dealkylation sites (tertiary alicyclic amines) is 1. The quantitative estimate of drug-likeness (QED) is 0.623. The van der Waals surface area contributed by atoms with Gasteiger partial charge in [-0.1, -0.05) is 6.07 Å². The molecule has 26 heavy (non-hydrogen) atoms. The summed E-state index contributed by atoms with van der Waals surface area (Å²) in [4.78, 5) is 29.6. The van der Waals surface area contributed by atoms with Crippen molar-refractivity contribution in [2.24, 2.45) is 17.8 Å². The molecule has 2 atom stereocenters.